The van der Waals surface area contributed by atoms with Crippen LogP contribution in [-0.4, -0.2) is 73.6 Å². The molecule has 1 atom stereocenters. The summed E-state index contributed by atoms with van der Waals surface area (Å²) < 4.78 is 42.8. The Labute approximate surface area is 191 Å². The molecule has 4 rings (SSSR count). The van der Waals surface area contributed by atoms with E-state index in [9.17, 15) is 28.2 Å². The van der Waals surface area contributed by atoms with Crippen LogP contribution in [0, 0.1) is 0 Å². The summed E-state index contributed by atoms with van der Waals surface area (Å²) in [5, 5.41) is 33.8. The number of rotatable bonds is 7. The van der Waals surface area contributed by atoms with Gasteiger partial charge in [0, 0.05) is 36.7 Å². The van der Waals surface area contributed by atoms with E-state index in [1.54, 1.807) is 11.0 Å². The normalized spacial score (nSPS) is 15.6. The number of pyridine rings is 1. The van der Waals surface area contributed by atoms with E-state index in [4.69, 9.17) is 5.11 Å². The van der Waals surface area contributed by atoms with Gasteiger partial charge in [0.15, 0.2) is 5.65 Å². The van der Waals surface area contributed by atoms with Crippen molar-refractivity contribution in [3.05, 3.63) is 59.9 Å². The third-order valence-electron chi connectivity index (χ3n) is 5.42. The van der Waals surface area contributed by atoms with E-state index in [0.717, 1.165) is 12.1 Å². The number of aliphatic hydroxyl groups excluding tert-OH is 3. The van der Waals surface area contributed by atoms with Crippen LogP contribution < -0.4 is 4.74 Å². The quantitative estimate of drug-likeness (QED) is 0.443. The highest BCUT2D eigenvalue weighted by atomic mass is 19.4. The lowest BCUT2D eigenvalue weighted by molar-refractivity contribution is -0.274. The highest BCUT2D eigenvalue weighted by Gasteiger charge is 2.36. The number of hydrogen-bond donors (Lipinski definition) is 3. The van der Waals surface area contributed by atoms with E-state index in [-0.39, 0.29) is 24.2 Å². The molecule has 0 unspecified atom stereocenters. The molecule has 9 nitrogen and oxygen atoms in total. The minimum atomic E-state index is -4.82. The molecule has 1 aromatic carbocycles. The summed E-state index contributed by atoms with van der Waals surface area (Å²) in [5.41, 5.74) is 1.69. The molecule has 12 heteroatoms. The Bertz CT molecular complexity index is 1200. The molecule has 0 radical (unpaired) electrons. The minimum absolute atomic E-state index is 0.197. The number of likely N-dealkylation sites (tertiary alicyclic amines) is 1. The fourth-order valence-corrected chi connectivity index (χ4v) is 3.81. The molecule has 0 spiro atoms. The van der Waals surface area contributed by atoms with Crippen molar-refractivity contribution in [3.8, 4) is 11.4 Å². The zero-order chi connectivity index (χ0) is 24.5. The van der Waals surface area contributed by atoms with Crippen molar-refractivity contribution in [2.45, 2.75) is 18.4 Å². The highest BCUT2D eigenvalue weighted by Crippen LogP contribution is 2.36. The van der Waals surface area contributed by atoms with E-state index in [1.165, 1.54) is 35.2 Å². The summed E-state index contributed by atoms with van der Waals surface area (Å²) in [6, 6.07) is 6.65. The van der Waals surface area contributed by atoms with Crippen LogP contribution in [-0.2, 0) is 4.79 Å². The lowest BCUT2D eigenvalue weighted by atomic mass is 9.92. The first-order valence-electron chi connectivity index (χ1n) is 10.3. The van der Waals surface area contributed by atoms with Gasteiger partial charge in [-0.15, -0.1) is 13.2 Å². The van der Waals surface area contributed by atoms with Gasteiger partial charge in [-0.3, -0.25) is 4.79 Å². The Morgan fingerprint density at radius 3 is 2.53 bits per heavy atom. The maximum absolute atomic E-state index is 12.5. The van der Waals surface area contributed by atoms with Gasteiger partial charge in [0.1, 0.15) is 11.9 Å². The maximum Gasteiger partial charge on any atom is 0.573 e. The first-order chi connectivity index (χ1) is 16.2. The number of ether oxygens (including phenoxy) is 1. The minimum Gasteiger partial charge on any atom is -0.406 e. The van der Waals surface area contributed by atoms with Crippen LogP contribution in [0.3, 0.4) is 0 Å². The van der Waals surface area contributed by atoms with Gasteiger partial charge in [-0.2, -0.15) is 5.10 Å². The third kappa shape index (κ3) is 4.74. The monoisotopic (exact) mass is 478 g/mol. The molecular weight excluding hydrogens is 457 g/mol. The predicted octanol–water partition coefficient (Wildman–Crippen LogP) is 1.82. The van der Waals surface area contributed by atoms with Crippen molar-refractivity contribution in [1.29, 1.82) is 0 Å². The number of amides is 1. The molecule has 1 saturated heterocycles. The number of halogens is 3. The molecule has 2 aromatic heterocycles. The van der Waals surface area contributed by atoms with Crippen LogP contribution in [0.15, 0.2) is 48.7 Å². The molecule has 3 aromatic rings. The van der Waals surface area contributed by atoms with Crippen molar-refractivity contribution >= 4 is 16.9 Å². The van der Waals surface area contributed by atoms with Crippen molar-refractivity contribution in [2.24, 2.45) is 0 Å². The van der Waals surface area contributed by atoms with Crippen molar-refractivity contribution in [1.82, 2.24) is 19.7 Å². The molecule has 0 bridgehead atoms. The number of carbonyl (C=O) groups is 1. The molecule has 3 N–H and O–H groups in total. The maximum atomic E-state index is 12.5. The Morgan fingerprint density at radius 1 is 1.21 bits per heavy atom. The molecule has 0 saturated carbocycles. The van der Waals surface area contributed by atoms with E-state index in [1.807, 2.05) is 0 Å². The fourth-order valence-electron chi connectivity index (χ4n) is 3.81. The van der Waals surface area contributed by atoms with Crippen molar-refractivity contribution in [2.75, 3.05) is 26.3 Å². The highest BCUT2D eigenvalue weighted by molar-refractivity contribution is 5.89. The Kier molecular flexibility index (Phi) is 6.55. The molecule has 34 heavy (non-hydrogen) atoms. The predicted molar refractivity (Wildman–Crippen MR) is 113 cm³/mol. The molecule has 3 heterocycles. The SMILES string of the molecule is O=C(/C=C/CO)N1CC(c2nn(-c3ccc(OC(F)(F)F)cc3)c3nccc([C@@H](O)CO)c23)C1. The summed E-state index contributed by atoms with van der Waals surface area (Å²) in [6.07, 6.45) is -1.96. The zero-order valence-corrected chi connectivity index (χ0v) is 17.7. The van der Waals surface area contributed by atoms with Crippen LogP contribution in [0.5, 0.6) is 5.75 Å². The van der Waals surface area contributed by atoms with Gasteiger partial charge in [0.05, 0.1) is 24.6 Å². The number of aromatic nitrogens is 3. The van der Waals surface area contributed by atoms with E-state index in [0.29, 0.717) is 41.1 Å². The second kappa shape index (κ2) is 9.41. The average Bonchev–Trinajstić information content (AvgIpc) is 3.15. The van der Waals surface area contributed by atoms with Crippen LogP contribution in [0.2, 0.25) is 0 Å². The van der Waals surface area contributed by atoms with Crippen LogP contribution >= 0.6 is 0 Å². The van der Waals surface area contributed by atoms with Crippen LogP contribution in [0.1, 0.15) is 23.3 Å². The number of carbonyl (C=O) groups excluding carboxylic acids is 1. The summed E-state index contributed by atoms with van der Waals surface area (Å²) in [4.78, 5) is 18.0. The van der Waals surface area contributed by atoms with Gasteiger partial charge < -0.3 is 25.0 Å². The molecule has 1 aliphatic heterocycles. The Hall–Kier alpha value is -3.48. The first kappa shape index (κ1) is 23.7. The van der Waals surface area contributed by atoms with Gasteiger partial charge in [0.25, 0.3) is 0 Å². The number of benzene rings is 1. The fraction of sp³-hybridized carbons (Fsp3) is 0.318. The largest absolute Gasteiger partial charge is 0.573 e. The van der Waals surface area contributed by atoms with Gasteiger partial charge in [0.2, 0.25) is 5.91 Å². The number of hydrogen-bond acceptors (Lipinski definition) is 7. The van der Waals surface area contributed by atoms with E-state index < -0.39 is 19.1 Å². The second-order valence-corrected chi connectivity index (χ2v) is 7.66. The molecule has 1 fully saturated rings. The summed E-state index contributed by atoms with van der Waals surface area (Å²) in [5.74, 6) is -0.846. The topological polar surface area (TPSA) is 121 Å². The first-order valence-corrected chi connectivity index (χ1v) is 10.3. The lowest BCUT2D eigenvalue weighted by Crippen LogP contribution is -2.48. The van der Waals surface area contributed by atoms with Crippen molar-refractivity contribution in [3.63, 3.8) is 0 Å². The zero-order valence-electron chi connectivity index (χ0n) is 17.7. The molecule has 1 aliphatic rings. The molecular formula is C22H21F3N4O5. The molecule has 180 valence electrons. The van der Waals surface area contributed by atoms with Crippen LogP contribution in [0.4, 0.5) is 13.2 Å². The lowest BCUT2D eigenvalue weighted by Gasteiger charge is -2.38. The van der Waals surface area contributed by atoms with Gasteiger partial charge in [-0.25, -0.2) is 9.67 Å². The summed E-state index contributed by atoms with van der Waals surface area (Å²) in [6.45, 7) is -0.112. The average molecular weight is 478 g/mol. The van der Waals surface area contributed by atoms with E-state index in [2.05, 4.69) is 14.8 Å². The van der Waals surface area contributed by atoms with E-state index >= 15 is 0 Å². The Balaban J connectivity index is 1.72. The smallest absolute Gasteiger partial charge is 0.406 e. The second-order valence-electron chi connectivity index (χ2n) is 7.66. The number of fused-ring (bicyclic) bond motifs is 1. The Morgan fingerprint density at radius 2 is 1.91 bits per heavy atom. The number of aliphatic hydroxyl groups is 3. The third-order valence-corrected chi connectivity index (χ3v) is 5.42. The number of nitrogens with zero attached hydrogens (tertiary/aromatic N) is 4. The number of alkyl halides is 3. The van der Waals surface area contributed by atoms with Gasteiger partial charge in [-0.1, -0.05) is 6.08 Å². The molecule has 1 amide bonds. The van der Waals surface area contributed by atoms with Gasteiger partial charge in [-0.05, 0) is 35.9 Å². The summed E-state index contributed by atoms with van der Waals surface area (Å²) >= 11 is 0. The standard InChI is InChI=1S/C22H21F3N4O5/c23-22(24,25)34-15-5-3-14(4-6-15)29-21-19(16(7-8-26-21)17(32)12-31)20(27-29)13-10-28(11-13)18(33)2-1-9-30/h1-8,13,17,30-32H,9-12H2/b2-1+/t17-/m0/s1. The molecule has 0 aliphatic carbocycles. The van der Waals surface area contributed by atoms with Crippen molar-refractivity contribution < 1.29 is 38.0 Å². The van der Waals surface area contributed by atoms with Gasteiger partial charge >= 0.3 is 6.36 Å². The van der Waals surface area contributed by atoms with Crippen LogP contribution in [0.25, 0.3) is 16.7 Å². The summed E-state index contributed by atoms with van der Waals surface area (Å²) in [7, 11) is 0.